The summed E-state index contributed by atoms with van der Waals surface area (Å²) in [5, 5.41) is 2.32. The molecule has 0 aliphatic rings. The first-order valence-corrected chi connectivity index (χ1v) is 9.30. The van der Waals surface area contributed by atoms with E-state index in [1.54, 1.807) is 24.3 Å². The molecule has 0 spiro atoms. The Morgan fingerprint density at radius 2 is 1.42 bits per heavy atom. The molecule has 0 atom stereocenters. The Morgan fingerprint density at radius 3 is 1.97 bits per heavy atom. The number of para-hydroxylation sites is 2. The van der Waals surface area contributed by atoms with E-state index >= 15 is 0 Å². The van der Waals surface area contributed by atoms with Crippen molar-refractivity contribution >= 4 is 29.1 Å². The van der Waals surface area contributed by atoms with Crippen molar-refractivity contribution in [3.8, 4) is 28.7 Å². The maximum atomic E-state index is 12.5. The molecule has 2 aromatic carbocycles. The summed E-state index contributed by atoms with van der Waals surface area (Å²) in [6.45, 7) is -0.295. The third kappa shape index (κ3) is 6.37. The van der Waals surface area contributed by atoms with Gasteiger partial charge in [-0.05, 0) is 36.5 Å². The maximum absolute atomic E-state index is 12.5. The fraction of sp³-hybridized carbons (Fsp3) is 0.250. The number of nitrogens with one attached hydrogen (secondary N) is 3. The van der Waals surface area contributed by atoms with Crippen LogP contribution in [0.3, 0.4) is 0 Å². The largest absolute Gasteiger partial charge is 0.493 e. The van der Waals surface area contributed by atoms with Crippen molar-refractivity contribution in [3.05, 3.63) is 42.0 Å². The van der Waals surface area contributed by atoms with Gasteiger partial charge >= 0.3 is 0 Å². The van der Waals surface area contributed by atoms with Crippen LogP contribution in [-0.4, -0.2) is 52.0 Å². The summed E-state index contributed by atoms with van der Waals surface area (Å²) in [5.74, 6) is 0.825. The van der Waals surface area contributed by atoms with Gasteiger partial charge in [0.15, 0.2) is 34.7 Å². The van der Waals surface area contributed by atoms with Gasteiger partial charge in [0.2, 0.25) is 5.75 Å². The van der Waals surface area contributed by atoms with E-state index in [2.05, 4.69) is 16.2 Å². The molecule has 2 aromatic rings. The quantitative estimate of drug-likeness (QED) is 0.407. The Bertz CT molecular complexity index is 927. The monoisotopic (exact) mass is 449 g/mol. The van der Waals surface area contributed by atoms with Crippen LogP contribution in [0.5, 0.6) is 28.7 Å². The summed E-state index contributed by atoms with van der Waals surface area (Å²) in [6.07, 6.45) is 0. The summed E-state index contributed by atoms with van der Waals surface area (Å²) in [7, 11) is 5.83. The van der Waals surface area contributed by atoms with Crippen molar-refractivity contribution in [3.63, 3.8) is 0 Å². The minimum atomic E-state index is -0.545. The van der Waals surface area contributed by atoms with Gasteiger partial charge in [-0.15, -0.1) is 0 Å². The molecule has 0 radical (unpaired) electrons. The lowest BCUT2D eigenvalue weighted by molar-refractivity contribution is -0.123. The molecule has 0 fully saturated rings. The molecule has 0 aliphatic carbocycles. The van der Waals surface area contributed by atoms with Gasteiger partial charge in [-0.25, -0.2) is 0 Å². The molecule has 0 aromatic heterocycles. The summed E-state index contributed by atoms with van der Waals surface area (Å²) in [5.41, 5.74) is 4.97. The van der Waals surface area contributed by atoms with E-state index in [1.807, 2.05) is 0 Å². The number of carbonyl (C=O) groups is 2. The number of hydrazine groups is 1. The molecule has 166 valence electrons. The molecule has 0 saturated carbocycles. The van der Waals surface area contributed by atoms with E-state index in [9.17, 15) is 9.59 Å². The van der Waals surface area contributed by atoms with Crippen molar-refractivity contribution < 1.29 is 33.3 Å². The molecular weight excluding hydrogens is 426 g/mol. The topological polar surface area (TPSA) is 116 Å². The number of amides is 2. The summed E-state index contributed by atoms with van der Waals surface area (Å²) in [4.78, 5) is 24.4. The number of hydrogen-bond acceptors (Lipinski definition) is 8. The van der Waals surface area contributed by atoms with Crippen LogP contribution >= 0.6 is 12.2 Å². The number of methoxy groups -OCH3 is 4. The zero-order chi connectivity index (χ0) is 22.8. The predicted octanol–water partition coefficient (Wildman–Crippen LogP) is 1.44. The maximum Gasteiger partial charge on any atom is 0.276 e. The fourth-order valence-electron chi connectivity index (χ4n) is 2.46. The smallest absolute Gasteiger partial charge is 0.276 e. The zero-order valence-corrected chi connectivity index (χ0v) is 18.3. The average Bonchev–Trinajstić information content (AvgIpc) is 2.80. The predicted molar refractivity (Wildman–Crippen MR) is 116 cm³/mol. The zero-order valence-electron chi connectivity index (χ0n) is 17.4. The second kappa shape index (κ2) is 11.5. The number of thiocarbonyl (C=S) groups is 1. The van der Waals surface area contributed by atoms with Gasteiger partial charge in [-0.2, -0.15) is 0 Å². The van der Waals surface area contributed by atoms with Crippen LogP contribution in [-0.2, 0) is 4.79 Å². The Kier molecular flexibility index (Phi) is 8.70. The van der Waals surface area contributed by atoms with Crippen LogP contribution in [0.4, 0.5) is 0 Å². The normalized spacial score (nSPS) is 9.81. The summed E-state index contributed by atoms with van der Waals surface area (Å²) < 4.78 is 26.2. The molecule has 0 unspecified atom stereocenters. The van der Waals surface area contributed by atoms with E-state index < -0.39 is 11.8 Å². The van der Waals surface area contributed by atoms with Gasteiger partial charge < -0.3 is 23.7 Å². The van der Waals surface area contributed by atoms with Gasteiger partial charge in [0.1, 0.15) is 0 Å². The van der Waals surface area contributed by atoms with E-state index in [4.69, 9.17) is 35.9 Å². The third-order valence-electron chi connectivity index (χ3n) is 3.90. The molecule has 10 nitrogen and oxygen atoms in total. The van der Waals surface area contributed by atoms with Gasteiger partial charge in [-0.3, -0.25) is 25.8 Å². The van der Waals surface area contributed by atoms with Gasteiger partial charge in [0.05, 0.1) is 28.4 Å². The van der Waals surface area contributed by atoms with Crippen molar-refractivity contribution in [2.24, 2.45) is 0 Å². The second-order valence-corrected chi connectivity index (χ2v) is 6.22. The summed E-state index contributed by atoms with van der Waals surface area (Å²) in [6, 6.07) is 9.85. The van der Waals surface area contributed by atoms with Crippen molar-refractivity contribution in [1.82, 2.24) is 16.2 Å². The van der Waals surface area contributed by atoms with Crippen LogP contribution in [0.2, 0.25) is 0 Å². The Morgan fingerprint density at radius 1 is 0.839 bits per heavy atom. The van der Waals surface area contributed by atoms with Gasteiger partial charge in [0.25, 0.3) is 11.8 Å². The SMILES string of the molecule is COc1ccccc1OCC(=O)NNC(=S)NC(=O)c1cc(OC)c(OC)c(OC)c1. The average molecular weight is 449 g/mol. The fourth-order valence-corrected chi connectivity index (χ4v) is 2.61. The van der Waals surface area contributed by atoms with Crippen molar-refractivity contribution in [1.29, 1.82) is 0 Å². The lowest BCUT2D eigenvalue weighted by Crippen LogP contribution is -2.49. The van der Waals surface area contributed by atoms with Crippen molar-refractivity contribution in [2.75, 3.05) is 35.0 Å². The van der Waals surface area contributed by atoms with E-state index in [-0.39, 0.29) is 17.3 Å². The van der Waals surface area contributed by atoms with Crippen LogP contribution in [0, 0.1) is 0 Å². The summed E-state index contributed by atoms with van der Waals surface area (Å²) >= 11 is 5.03. The minimum absolute atomic E-state index is 0.121. The molecule has 3 N–H and O–H groups in total. The molecule has 0 bridgehead atoms. The van der Waals surface area contributed by atoms with Crippen LogP contribution in [0.15, 0.2) is 36.4 Å². The van der Waals surface area contributed by atoms with E-state index in [1.165, 1.54) is 40.6 Å². The highest BCUT2D eigenvalue weighted by Crippen LogP contribution is 2.38. The first-order chi connectivity index (χ1) is 14.9. The standard InChI is InChI=1S/C20H23N3O7S/c1-26-13-7-5-6-8-14(13)30-11-17(24)22-23-20(31)21-19(25)12-9-15(27-2)18(29-4)16(10-12)28-3/h5-10H,11H2,1-4H3,(H,22,24)(H2,21,23,25,31). The van der Waals surface area contributed by atoms with Gasteiger partial charge in [-0.1, -0.05) is 12.1 Å². The Labute approximate surface area is 184 Å². The number of ether oxygens (including phenoxy) is 5. The number of carbonyl (C=O) groups excluding carboxylic acids is 2. The number of hydrogen-bond donors (Lipinski definition) is 3. The molecule has 0 aliphatic heterocycles. The lowest BCUT2D eigenvalue weighted by atomic mass is 10.1. The molecule has 0 saturated heterocycles. The van der Waals surface area contributed by atoms with Crippen molar-refractivity contribution in [2.45, 2.75) is 0 Å². The number of rotatable bonds is 8. The Hall–Kier alpha value is -3.73. The van der Waals surface area contributed by atoms with Crippen LogP contribution in [0.25, 0.3) is 0 Å². The molecule has 2 rings (SSSR count). The molecule has 2 amide bonds. The van der Waals surface area contributed by atoms with Crippen LogP contribution < -0.4 is 39.9 Å². The molecule has 31 heavy (non-hydrogen) atoms. The molecule has 11 heteroatoms. The minimum Gasteiger partial charge on any atom is -0.493 e. The van der Waals surface area contributed by atoms with Gasteiger partial charge in [0, 0.05) is 5.56 Å². The highest BCUT2D eigenvalue weighted by Gasteiger charge is 2.18. The highest BCUT2D eigenvalue weighted by atomic mass is 32.1. The first-order valence-electron chi connectivity index (χ1n) is 8.89. The first kappa shape index (κ1) is 23.5. The molecular formula is C20H23N3O7S. The second-order valence-electron chi connectivity index (χ2n) is 5.81. The third-order valence-corrected chi connectivity index (χ3v) is 4.10. The Balaban J connectivity index is 1.89. The van der Waals surface area contributed by atoms with E-state index in [0.717, 1.165) is 0 Å². The van der Waals surface area contributed by atoms with Crippen LogP contribution in [0.1, 0.15) is 10.4 Å². The lowest BCUT2D eigenvalue weighted by Gasteiger charge is -2.15. The highest BCUT2D eigenvalue weighted by molar-refractivity contribution is 7.80. The number of benzene rings is 2. The molecule has 0 heterocycles. The van der Waals surface area contributed by atoms with E-state index in [0.29, 0.717) is 28.7 Å².